The highest BCUT2D eigenvalue weighted by Crippen LogP contribution is 2.44. The molecule has 522 valence electrons. The molecule has 0 unspecified atom stereocenters. The number of nitrogens with zero attached hydrogens (tertiary/aromatic N) is 9. The molecule has 0 aliphatic carbocycles. The maximum absolute atomic E-state index is 16.1. The van der Waals surface area contributed by atoms with Gasteiger partial charge in [0.15, 0.2) is 5.82 Å². The number of amides is 5. The molecule has 2 aliphatic heterocycles. The fraction of sp³-hybridized carbons (Fsp3) is 0.492. The molecule has 0 bridgehead atoms. The Morgan fingerprint density at radius 2 is 1.32 bits per heavy atom. The van der Waals surface area contributed by atoms with E-state index in [0.717, 1.165) is 10.5 Å². The number of methoxy groups -OCH3 is 1. The number of hydrogen-bond acceptors (Lipinski definition) is 21. The lowest BCUT2D eigenvalue weighted by atomic mass is 9.88. The maximum atomic E-state index is 16.1. The fourth-order valence-electron chi connectivity index (χ4n) is 11.4. The predicted molar refractivity (Wildman–Crippen MR) is 356 cm³/mol. The number of rotatable bonds is 36. The minimum absolute atomic E-state index is 0.000388. The lowest BCUT2D eigenvalue weighted by Crippen LogP contribution is -2.40. The summed E-state index contributed by atoms with van der Waals surface area (Å²) in [7, 11) is -0.794. The Balaban J connectivity index is 0.598. The molecule has 3 aromatic carbocycles. The van der Waals surface area contributed by atoms with Crippen LogP contribution in [-0.4, -0.2) is 213 Å². The third-order valence-corrected chi connectivity index (χ3v) is 19.1. The van der Waals surface area contributed by atoms with Crippen LogP contribution in [0.3, 0.4) is 0 Å². The number of sulfonamides is 1. The molecule has 2 fully saturated rings. The summed E-state index contributed by atoms with van der Waals surface area (Å²) in [5.41, 5.74) is 9.46. The normalized spacial score (nSPS) is 13.9. The van der Waals surface area contributed by atoms with Crippen LogP contribution in [-0.2, 0) is 80.8 Å². The van der Waals surface area contributed by atoms with Gasteiger partial charge in [-0.05, 0) is 74.1 Å². The molecule has 7 aromatic rings. The SMILES string of the molecule is CCCS(=O)(=O)Nc1cccc(-c2nc(C3CCN(C(=O)CCOCCOCCOCCOCCOCCNC(=O)CCC(=O)N4CCC(c5nn(CC(=O)NCC(=O)NCC(=O)OC)c6cccc(-c7cc8c(cnn8C)cc7F)c56)CC4)CC3)sc2-c2ccnc(N)n2)c1F. The van der Waals surface area contributed by atoms with Gasteiger partial charge in [-0.2, -0.15) is 10.2 Å². The van der Waals surface area contributed by atoms with Crippen LogP contribution in [0, 0.1) is 11.6 Å². The highest BCUT2D eigenvalue weighted by molar-refractivity contribution is 7.92. The zero-order valence-corrected chi connectivity index (χ0v) is 56.1. The van der Waals surface area contributed by atoms with Gasteiger partial charge < -0.3 is 59.9 Å². The van der Waals surface area contributed by atoms with Crippen molar-refractivity contribution in [2.45, 2.75) is 76.7 Å². The lowest BCUT2D eigenvalue weighted by molar-refractivity contribution is -0.141. The van der Waals surface area contributed by atoms with Gasteiger partial charge >= 0.3 is 5.97 Å². The molecule has 28 nitrogen and oxygen atoms in total. The molecule has 9 rings (SSSR count). The summed E-state index contributed by atoms with van der Waals surface area (Å²) in [6, 6.07) is 14.7. The van der Waals surface area contributed by atoms with Gasteiger partial charge in [0, 0.05) is 92.5 Å². The number of fused-ring (bicyclic) bond motifs is 2. The first-order valence-electron chi connectivity index (χ1n) is 32.2. The molecular weight excluding hydrogens is 1300 g/mol. The number of anilines is 2. The first-order valence-corrected chi connectivity index (χ1v) is 34.7. The number of thiazole rings is 1. The van der Waals surface area contributed by atoms with Crippen LogP contribution in [0.4, 0.5) is 20.4 Å². The number of carbonyl (C=O) groups excluding carboxylic acids is 6. The van der Waals surface area contributed by atoms with Crippen LogP contribution in [0.1, 0.15) is 80.8 Å². The number of aromatic nitrogens is 7. The van der Waals surface area contributed by atoms with E-state index in [4.69, 9.17) is 39.5 Å². The summed E-state index contributed by atoms with van der Waals surface area (Å²) in [6.07, 6.45) is 6.00. The minimum Gasteiger partial charge on any atom is -0.468 e. The van der Waals surface area contributed by atoms with Crippen molar-refractivity contribution in [3.63, 3.8) is 0 Å². The summed E-state index contributed by atoms with van der Waals surface area (Å²) in [6.45, 7) is 5.93. The Labute approximate surface area is 563 Å². The van der Waals surface area contributed by atoms with Gasteiger partial charge in [0.25, 0.3) is 0 Å². The fourth-order valence-corrected chi connectivity index (χ4v) is 13.8. The topological polar surface area (TPSA) is 347 Å². The first-order chi connectivity index (χ1) is 46.9. The van der Waals surface area contributed by atoms with E-state index in [9.17, 15) is 37.2 Å². The molecule has 0 radical (unpaired) electrons. The largest absolute Gasteiger partial charge is 0.468 e. The number of nitrogens with one attached hydrogen (secondary N) is 4. The Bertz CT molecular complexity index is 3990. The van der Waals surface area contributed by atoms with E-state index in [0.29, 0.717) is 161 Å². The molecule has 0 saturated carbocycles. The standard InChI is InChI=1S/C65H82F2N14O14S2/c1-4-35-97(88,89)77-49-9-5-8-46(60(49)67)62-63(50-13-19-70-65(68)74-50)96-64(75-62)43-16-23-80(24-17-43)57(86)18-25-91-27-29-93-31-33-95-34-32-94-30-28-92-26-20-69-53(82)11-12-56(85)79-21-14-42(15-22-79)61-59-45(47-37-52-44(36-48(47)66)38-73-78(52)2)7-6-10-51(59)81(76-61)41-55(84)71-39-54(83)72-40-58(87)90-3/h5-10,13,19,36-38,42-43,77H,4,11-12,14-18,20-35,39-41H2,1-3H3,(H,69,82)(H,71,84)(H,72,83)(H2,68,70,74). The van der Waals surface area contributed by atoms with Crippen molar-refractivity contribution in [1.82, 2.24) is 60.3 Å². The third kappa shape index (κ3) is 20.2. The summed E-state index contributed by atoms with van der Waals surface area (Å²) in [5, 5.41) is 19.0. The highest BCUT2D eigenvalue weighted by atomic mass is 32.2. The molecule has 5 amide bonds. The molecule has 2 saturated heterocycles. The van der Waals surface area contributed by atoms with Crippen LogP contribution in [0.2, 0.25) is 0 Å². The van der Waals surface area contributed by atoms with Gasteiger partial charge in [-0.1, -0.05) is 25.1 Å². The van der Waals surface area contributed by atoms with Crippen LogP contribution in [0.15, 0.2) is 67.0 Å². The smallest absolute Gasteiger partial charge is 0.325 e. The van der Waals surface area contributed by atoms with Crippen molar-refractivity contribution in [3.8, 4) is 33.0 Å². The molecule has 0 atom stereocenters. The minimum atomic E-state index is -3.76. The van der Waals surface area contributed by atoms with Crippen LogP contribution >= 0.6 is 11.3 Å². The predicted octanol–water partition coefficient (Wildman–Crippen LogP) is 5.07. The Hall–Kier alpha value is -8.66. The number of ether oxygens (including phenoxy) is 6. The first kappa shape index (κ1) is 72.6. The van der Waals surface area contributed by atoms with Crippen molar-refractivity contribution in [1.29, 1.82) is 0 Å². The maximum Gasteiger partial charge on any atom is 0.325 e. The Morgan fingerprint density at radius 1 is 0.691 bits per heavy atom. The van der Waals surface area contributed by atoms with Crippen molar-refractivity contribution < 1.29 is 74.4 Å². The summed E-state index contributed by atoms with van der Waals surface area (Å²) < 4.78 is 95.2. The molecule has 0 spiro atoms. The number of esters is 1. The molecule has 32 heteroatoms. The van der Waals surface area contributed by atoms with Crippen molar-refractivity contribution in [3.05, 3.63) is 89.3 Å². The van der Waals surface area contributed by atoms with Crippen molar-refractivity contribution in [2.75, 3.05) is 135 Å². The summed E-state index contributed by atoms with van der Waals surface area (Å²) >= 11 is 1.36. The average Bonchev–Trinajstić information content (AvgIpc) is 1.62. The van der Waals surface area contributed by atoms with E-state index in [-0.39, 0.29) is 111 Å². The average molecular weight is 1390 g/mol. The van der Waals surface area contributed by atoms with Crippen molar-refractivity contribution in [2.24, 2.45) is 7.05 Å². The number of hydrogen-bond donors (Lipinski definition) is 5. The van der Waals surface area contributed by atoms with E-state index in [2.05, 4.69) is 40.5 Å². The summed E-state index contributed by atoms with van der Waals surface area (Å²) in [5.74, 6) is -3.74. The number of benzene rings is 3. The van der Waals surface area contributed by atoms with E-state index in [1.54, 1.807) is 66.1 Å². The second kappa shape index (κ2) is 35.5. The second-order valence-electron chi connectivity index (χ2n) is 23.1. The van der Waals surface area contributed by atoms with E-state index < -0.39 is 39.4 Å². The number of halogens is 2. The second-order valence-corrected chi connectivity index (χ2v) is 26.0. The van der Waals surface area contributed by atoms with Gasteiger partial charge in [0.2, 0.25) is 45.5 Å². The van der Waals surface area contributed by atoms with E-state index in [1.807, 2.05) is 11.0 Å². The molecule has 97 heavy (non-hydrogen) atoms. The van der Waals surface area contributed by atoms with Gasteiger partial charge in [-0.15, -0.1) is 11.3 Å². The molecule has 4 aromatic heterocycles. The van der Waals surface area contributed by atoms with Crippen LogP contribution in [0.5, 0.6) is 0 Å². The third-order valence-electron chi connectivity index (χ3n) is 16.4. The van der Waals surface area contributed by atoms with Gasteiger partial charge in [0.1, 0.15) is 18.9 Å². The highest BCUT2D eigenvalue weighted by Gasteiger charge is 2.32. The Morgan fingerprint density at radius 3 is 1.99 bits per heavy atom. The van der Waals surface area contributed by atoms with E-state index in [1.165, 1.54) is 41.5 Å². The monoisotopic (exact) mass is 1380 g/mol. The lowest BCUT2D eigenvalue weighted by Gasteiger charge is -2.31. The molecule has 6 heterocycles. The van der Waals surface area contributed by atoms with Gasteiger partial charge in [-0.25, -0.2) is 32.2 Å². The molecular formula is C65H82F2N14O14S2. The quantitative estimate of drug-likeness (QED) is 0.0253. The number of likely N-dealkylation sites (tertiary alicyclic amines) is 2. The molecule has 2 aliphatic rings. The van der Waals surface area contributed by atoms with E-state index >= 15 is 8.78 Å². The molecule has 6 N–H and O–H groups in total. The Kier molecular flexibility index (Phi) is 26.6. The number of aryl methyl sites for hydroxylation is 1. The number of carbonyl (C=O) groups is 6. The van der Waals surface area contributed by atoms with Gasteiger partial charge in [-0.3, -0.25) is 42.9 Å². The number of nitrogens with two attached hydrogens (primary N) is 1. The van der Waals surface area contributed by atoms with Crippen molar-refractivity contribution >= 4 is 90.3 Å². The zero-order chi connectivity index (χ0) is 68.8. The van der Waals surface area contributed by atoms with Gasteiger partial charge in [0.05, 0.1) is 142 Å². The van der Waals surface area contributed by atoms with Crippen LogP contribution < -0.4 is 26.4 Å². The number of nitrogen functional groups attached to an aromatic ring is 1. The zero-order valence-electron chi connectivity index (χ0n) is 54.5. The van der Waals surface area contributed by atoms with Crippen LogP contribution in [0.25, 0.3) is 54.8 Å². The summed E-state index contributed by atoms with van der Waals surface area (Å²) in [4.78, 5) is 93.5. The number of piperidine rings is 2.